The normalized spacial score (nSPS) is 26.3. The second-order valence-corrected chi connectivity index (χ2v) is 7.83. The van der Waals surface area contributed by atoms with Crippen LogP contribution < -0.4 is 4.57 Å². The molecule has 3 nitrogen and oxygen atoms in total. The molecule has 2 aromatic rings. The molecular weight excluding hydrogens is 484 g/mol. The number of alkyl halides is 10. The lowest BCUT2D eigenvalue weighted by Gasteiger charge is -2.56. The minimum atomic E-state index is -6.88. The minimum absolute atomic E-state index is 0.715. The lowest BCUT2D eigenvalue weighted by atomic mass is 9.78. The van der Waals surface area contributed by atoms with Gasteiger partial charge in [-0.2, -0.15) is 35.1 Å². The fourth-order valence-electron chi connectivity index (χ4n) is 3.17. The Morgan fingerprint density at radius 2 is 1.47 bits per heavy atom. The zero-order chi connectivity index (χ0) is 26.2. The molecule has 2 unspecified atom stereocenters. The zero-order valence-corrected chi connectivity index (χ0v) is 18.4. The highest BCUT2D eigenvalue weighted by molar-refractivity contribution is 5.53. The smallest absolute Gasteiger partial charge is 0.381 e. The van der Waals surface area contributed by atoms with E-state index in [1.54, 1.807) is 0 Å². The molecule has 13 heteroatoms. The number of unbranched alkanes of at least 4 members (excludes halogenated alkanes) is 1. The number of hydrogen-bond donors (Lipinski definition) is 0. The van der Waals surface area contributed by atoms with Crippen molar-refractivity contribution in [3.63, 3.8) is 0 Å². The summed E-state index contributed by atoms with van der Waals surface area (Å²) in [7, 11) is 2.08. The average Bonchev–Trinajstić information content (AvgIpc) is 3.09. The van der Waals surface area contributed by atoms with E-state index in [9.17, 15) is 43.9 Å². The van der Waals surface area contributed by atoms with Crippen LogP contribution >= 0.6 is 0 Å². The summed E-state index contributed by atoms with van der Waals surface area (Å²) in [6.07, 6.45) is 1.78. The van der Waals surface area contributed by atoms with Crippen LogP contribution in [0.4, 0.5) is 49.6 Å². The molecule has 0 radical (unpaired) electrons. The van der Waals surface area contributed by atoms with Crippen LogP contribution in [0.3, 0.4) is 0 Å². The maximum Gasteiger partial charge on any atom is 0.381 e. The van der Waals surface area contributed by atoms with E-state index in [0.717, 1.165) is 18.7 Å². The van der Waals surface area contributed by atoms with Gasteiger partial charge in [-0.15, -0.1) is 5.69 Å². The third-order valence-electron chi connectivity index (χ3n) is 5.50. The summed E-state index contributed by atoms with van der Waals surface area (Å²) in [4.78, 5) is 0. The first-order chi connectivity index (χ1) is 15.5. The van der Waals surface area contributed by atoms with Crippen molar-refractivity contribution in [3.8, 4) is 0 Å². The molecule has 1 heterocycles. The van der Waals surface area contributed by atoms with E-state index in [1.807, 2.05) is 0 Å². The van der Waals surface area contributed by atoms with Crippen molar-refractivity contribution in [1.29, 1.82) is 0 Å². The summed E-state index contributed by atoms with van der Waals surface area (Å²) in [5.41, 5.74) is -0.908. The topological polar surface area (TPSA) is 22.9 Å². The standard InChI is InChI=1S/C12H6F10N.C9H17N2/c13-7-8(14,15)10(17,18)12(21,22)11(19,20)9(7,16)23-6-4-2-1-3-5-6;1-4-5-6-11-8-7-10(3)9(11)2/h1-5,7H;7-8H,4-6H2,1-3H3/q-1;+1. The number of rotatable bonds is 5. The Balaban J connectivity index is 0.000000310. The second-order valence-electron chi connectivity index (χ2n) is 7.83. The number of imidazole rings is 1. The van der Waals surface area contributed by atoms with Gasteiger partial charge >= 0.3 is 23.7 Å². The fourth-order valence-corrected chi connectivity index (χ4v) is 3.17. The molecule has 1 aliphatic carbocycles. The fraction of sp³-hybridized carbons (Fsp3) is 0.571. The molecule has 0 bridgehead atoms. The highest BCUT2D eigenvalue weighted by Gasteiger charge is 2.92. The van der Waals surface area contributed by atoms with Gasteiger partial charge in [-0.25, -0.2) is 13.5 Å². The number of benzene rings is 1. The van der Waals surface area contributed by atoms with Gasteiger partial charge in [0.05, 0.1) is 13.6 Å². The van der Waals surface area contributed by atoms with Gasteiger partial charge in [0.2, 0.25) is 0 Å². The van der Waals surface area contributed by atoms with Crippen molar-refractivity contribution < 1.29 is 48.5 Å². The molecule has 34 heavy (non-hydrogen) atoms. The molecule has 3 rings (SSSR count). The third-order valence-corrected chi connectivity index (χ3v) is 5.50. The Labute approximate surface area is 189 Å². The Hall–Kier alpha value is -2.47. The predicted molar refractivity (Wildman–Crippen MR) is 103 cm³/mol. The third kappa shape index (κ3) is 4.21. The van der Waals surface area contributed by atoms with Gasteiger partial charge < -0.3 is 5.32 Å². The molecule has 0 amide bonds. The summed E-state index contributed by atoms with van der Waals surface area (Å²) in [6.45, 7) is 5.53. The Kier molecular flexibility index (Phi) is 7.59. The van der Waals surface area contributed by atoms with Gasteiger partial charge in [-0.3, -0.25) is 4.39 Å². The van der Waals surface area contributed by atoms with E-state index in [4.69, 9.17) is 0 Å². The van der Waals surface area contributed by atoms with Crippen molar-refractivity contribution in [2.24, 2.45) is 7.05 Å². The highest BCUT2D eigenvalue weighted by atomic mass is 19.4. The number of halogens is 10. The van der Waals surface area contributed by atoms with Crippen molar-refractivity contribution in [1.82, 2.24) is 4.57 Å². The van der Waals surface area contributed by atoms with Gasteiger partial charge in [-0.05, 0) is 6.42 Å². The molecule has 2 atom stereocenters. The summed E-state index contributed by atoms with van der Waals surface area (Å²) in [5.74, 6) is -30.9. The van der Waals surface area contributed by atoms with Crippen LogP contribution in [0.2, 0.25) is 0 Å². The molecule has 1 aromatic heterocycles. The quantitative estimate of drug-likeness (QED) is 0.245. The average molecular weight is 507 g/mol. The summed E-state index contributed by atoms with van der Waals surface area (Å²) < 4.78 is 138. The van der Waals surface area contributed by atoms with Crippen LogP contribution in [-0.2, 0) is 13.6 Å². The van der Waals surface area contributed by atoms with Crippen LogP contribution in [0.25, 0.3) is 5.32 Å². The Morgan fingerprint density at radius 3 is 1.94 bits per heavy atom. The number of nitrogens with zero attached hydrogens (tertiary/aromatic N) is 3. The molecule has 1 fully saturated rings. The number of aryl methyl sites for hydroxylation is 2. The number of hydrogen-bond acceptors (Lipinski definition) is 0. The largest absolute Gasteiger partial charge is 0.645 e. The van der Waals surface area contributed by atoms with Crippen molar-refractivity contribution in [3.05, 3.63) is 53.9 Å². The molecule has 0 spiro atoms. The zero-order valence-electron chi connectivity index (χ0n) is 18.4. The van der Waals surface area contributed by atoms with Crippen LogP contribution in [0, 0.1) is 6.92 Å². The number of aromatic nitrogens is 2. The summed E-state index contributed by atoms with van der Waals surface area (Å²) >= 11 is 0. The van der Waals surface area contributed by atoms with Crippen LogP contribution in [-0.4, -0.2) is 40.2 Å². The minimum Gasteiger partial charge on any atom is -0.645 e. The summed E-state index contributed by atoms with van der Waals surface area (Å²) in [5, 5.41) is 2.26. The first kappa shape index (κ1) is 27.8. The van der Waals surface area contributed by atoms with E-state index in [1.165, 1.54) is 24.7 Å². The summed E-state index contributed by atoms with van der Waals surface area (Å²) in [6, 6.07) is 4.73. The maximum atomic E-state index is 14.2. The predicted octanol–water partition coefficient (Wildman–Crippen LogP) is 6.67. The number of para-hydroxylation sites is 1. The molecule has 1 aromatic carbocycles. The van der Waals surface area contributed by atoms with E-state index < -0.39 is 41.3 Å². The molecule has 192 valence electrons. The van der Waals surface area contributed by atoms with Crippen molar-refractivity contribution in [2.45, 2.75) is 68.9 Å². The second kappa shape index (κ2) is 9.29. The van der Waals surface area contributed by atoms with Crippen LogP contribution in [0.1, 0.15) is 25.6 Å². The van der Waals surface area contributed by atoms with Crippen molar-refractivity contribution >= 4 is 5.69 Å². The monoisotopic (exact) mass is 507 g/mol. The van der Waals surface area contributed by atoms with Crippen LogP contribution in [0.15, 0.2) is 42.7 Å². The van der Waals surface area contributed by atoms with Crippen molar-refractivity contribution in [2.75, 3.05) is 0 Å². The SMILES string of the molecule is CCCCn1cc[n+](C)c1C.FC1C(F)(F)C(F)(F)C(F)(F)C(F)(F)C1(F)[N-]c1ccccc1. The Bertz CT molecular complexity index is 961. The molecule has 0 aliphatic heterocycles. The molecule has 0 saturated heterocycles. The lowest BCUT2D eigenvalue weighted by Crippen LogP contribution is -2.79. The van der Waals surface area contributed by atoms with Crippen LogP contribution in [0.5, 0.6) is 0 Å². The first-order valence-corrected chi connectivity index (χ1v) is 10.1. The highest BCUT2D eigenvalue weighted by Crippen LogP contribution is 2.67. The Morgan fingerprint density at radius 1 is 0.912 bits per heavy atom. The first-order valence-electron chi connectivity index (χ1n) is 10.1. The van der Waals surface area contributed by atoms with Gasteiger partial charge in [0.25, 0.3) is 5.82 Å². The molecule has 1 aliphatic rings. The molecule has 0 N–H and O–H groups in total. The van der Waals surface area contributed by atoms with E-state index in [0.29, 0.717) is 12.1 Å². The van der Waals surface area contributed by atoms with Gasteiger partial charge in [-0.1, -0.05) is 43.7 Å². The van der Waals surface area contributed by atoms with E-state index in [-0.39, 0.29) is 0 Å². The van der Waals surface area contributed by atoms with E-state index >= 15 is 0 Å². The molecule has 1 saturated carbocycles. The van der Waals surface area contributed by atoms with Gasteiger partial charge in [0.1, 0.15) is 12.4 Å². The van der Waals surface area contributed by atoms with E-state index in [2.05, 4.69) is 47.7 Å². The molecular formula is C21H23F10N3. The van der Waals surface area contributed by atoms with Gasteiger partial charge in [0, 0.05) is 6.92 Å². The van der Waals surface area contributed by atoms with Gasteiger partial charge in [0.15, 0.2) is 12.0 Å². The lowest BCUT2D eigenvalue weighted by molar-refractivity contribution is -0.677. The maximum absolute atomic E-state index is 14.2.